The largest absolute Gasteiger partial charge is 0.453 e. The van der Waals surface area contributed by atoms with Gasteiger partial charge in [-0.05, 0) is 36.3 Å². The lowest BCUT2D eigenvalue weighted by atomic mass is 10.1. The zero-order chi connectivity index (χ0) is 14.8. The number of nitrogens with one attached hydrogen (secondary N) is 1. The van der Waals surface area contributed by atoms with Crippen LogP contribution in [0.5, 0.6) is 0 Å². The zero-order valence-corrected chi connectivity index (χ0v) is 12.9. The summed E-state index contributed by atoms with van der Waals surface area (Å²) in [5.74, 6) is 1.03. The van der Waals surface area contributed by atoms with Gasteiger partial charge in [0, 0.05) is 25.1 Å². The molecule has 0 spiro atoms. The summed E-state index contributed by atoms with van der Waals surface area (Å²) in [6, 6.07) is 10.2. The molecule has 0 bridgehead atoms. The van der Waals surface area contributed by atoms with E-state index in [1.54, 1.807) is 6.26 Å². The Hall–Kier alpha value is -1.78. The van der Waals surface area contributed by atoms with Crippen LogP contribution in [-0.2, 0) is 13.5 Å². The molecular weight excluding hydrogens is 286 g/mol. The number of aryl methyl sites for hydroxylation is 1. The number of rotatable bonds is 5. The first kappa shape index (κ1) is 14.2. The molecule has 1 atom stereocenters. The minimum atomic E-state index is 0.0942. The topological polar surface area (TPSA) is 43.0 Å². The first-order valence-electron chi connectivity index (χ1n) is 7.07. The van der Waals surface area contributed by atoms with Crippen LogP contribution in [0.25, 0.3) is 11.0 Å². The molecular formula is C16H18ClN3O. The van der Waals surface area contributed by atoms with Crippen LogP contribution in [0.2, 0.25) is 5.22 Å². The molecule has 4 nitrogen and oxygen atoms in total. The number of hydrogen-bond donors (Lipinski definition) is 1. The molecule has 1 unspecified atom stereocenters. The van der Waals surface area contributed by atoms with Crippen molar-refractivity contribution in [3.05, 3.63) is 53.2 Å². The van der Waals surface area contributed by atoms with Crippen LogP contribution in [0.1, 0.15) is 24.4 Å². The Morgan fingerprint density at radius 2 is 2.14 bits per heavy atom. The number of furan rings is 1. The molecule has 2 aromatic heterocycles. The van der Waals surface area contributed by atoms with Crippen LogP contribution in [0.3, 0.4) is 0 Å². The summed E-state index contributed by atoms with van der Waals surface area (Å²) in [4.78, 5) is 4.72. The van der Waals surface area contributed by atoms with Gasteiger partial charge in [0.25, 0.3) is 0 Å². The highest BCUT2D eigenvalue weighted by molar-refractivity contribution is 6.29. The van der Waals surface area contributed by atoms with Gasteiger partial charge in [0.15, 0.2) is 5.22 Å². The highest BCUT2D eigenvalue weighted by Gasteiger charge is 2.19. The second kappa shape index (κ2) is 5.92. The molecule has 2 heterocycles. The van der Waals surface area contributed by atoms with E-state index in [1.807, 2.05) is 31.3 Å². The summed E-state index contributed by atoms with van der Waals surface area (Å²) in [6.45, 7) is 2.94. The van der Waals surface area contributed by atoms with E-state index in [2.05, 4.69) is 22.9 Å². The average Bonchev–Trinajstić information content (AvgIpc) is 3.04. The molecule has 3 rings (SSSR count). The summed E-state index contributed by atoms with van der Waals surface area (Å²) in [7, 11) is 2.05. The van der Waals surface area contributed by atoms with Crippen LogP contribution >= 0.6 is 11.6 Å². The molecule has 0 aliphatic heterocycles. The predicted octanol–water partition coefficient (Wildman–Crippen LogP) is 3.71. The molecule has 1 aromatic carbocycles. The Bertz CT molecular complexity index is 747. The van der Waals surface area contributed by atoms with E-state index in [9.17, 15) is 0 Å². The summed E-state index contributed by atoms with van der Waals surface area (Å²) < 4.78 is 7.35. The van der Waals surface area contributed by atoms with Crippen molar-refractivity contribution in [2.75, 3.05) is 6.54 Å². The molecule has 0 fully saturated rings. The molecule has 21 heavy (non-hydrogen) atoms. The normalized spacial score (nSPS) is 12.9. The van der Waals surface area contributed by atoms with E-state index in [-0.39, 0.29) is 6.04 Å². The Labute approximate surface area is 128 Å². The van der Waals surface area contributed by atoms with Crippen molar-refractivity contribution < 1.29 is 4.42 Å². The van der Waals surface area contributed by atoms with E-state index in [0.29, 0.717) is 5.22 Å². The fourth-order valence-electron chi connectivity index (χ4n) is 2.65. The first-order chi connectivity index (χ1) is 10.2. The lowest BCUT2D eigenvalue weighted by molar-refractivity contribution is 0.514. The van der Waals surface area contributed by atoms with Crippen molar-refractivity contribution >= 4 is 22.6 Å². The maximum atomic E-state index is 6.12. The van der Waals surface area contributed by atoms with Gasteiger partial charge in [0.05, 0.1) is 17.3 Å². The van der Waals surface area contributed by atoms with Crippen LogP contribution in [0.4, 0.5) is 0 Å². The summed E-state index contributed by atoms with van der Waals surface area (Å²) in [5, 5.41) is 3.89. The van der Waals surface area contributed by atoms with Gasteiger partial charge in [-0.25, -0.2) is 4.98 Å². The fraction of sp³-hybridized carbons (Fsp3) is 0.312. The van der Waals surface area contributed by atoms with Gasteiger partial charge < -0.3 is 14.3 Å². The number of benzene rings is 1. The Morgan fingerprint density at radius 3 is 2.81 bits per heavy atom. The van der Waals surface area contributed by atoms with E-state index in [1.165, 1.54) is 0 Å². The van der Waals surface area contributed by atoms with Crippen LogP contribution in [0.15, 0.2) is 41.0 Å². The minimum Gasteiger partial charge on any atom is -0.453 e. The van der Waals surface area contributed by atoms with Crippen molar-refractivity contribution in [2.45, 2.75) is 19.4 Å². The zero-order valence-electron chi connectivity index (χ0n) is 12.1. The number of fused-ring (bicyclic) bond motifs is 1. The van der Waals surface area contributed by atoms with Gasteiger partial charge in [0.1, 0.15) is 5.82 Å². The van der Waals surface area contributed by atoms with Crippen LogP contribution in [-0.4, -0.2) is 16.1 Å². The van der Waals surface area contributed by atoms with Crippen molar-refractivity contribution in [1.82, 2.24) is 14.9 Å². The number of hydrogen-bond acceptors (Lipinski definition) is 3. The summed E-state index contributed by atoms with van der Waals surface area (Å²) in [5.41, 5.74) is 3.13. The Kier molecular flexibility index (Phi) is 3.99. The number of aromatic nitrogens is 2. The molecule has 1 N–H and O–H groups in total. The number of nitrogens with zero attached hydrogens (tertiary/aromatic N) is 2. The second-order valence-electron chi connectivity index (χ2n) is 5.04. The molecule has 3 aromatic rings. The number of para-hydroxylation sites is 2. The maximum Gasteiger partial charge on any atom is 0.197 e. The average molecular weight is 304 g/mol. The number of likely N-dealkylation sites (N-methyl/N-ethyl adjacent to an activating group) is 1. The monoisotopic (exact) mass is 303 g/mol. The minimum absolute atomic E-state index is 0.0942. The van der Waals surface area contributed by atoms with Gasteiger partial charge >= 0.3 is 0 Å². The van der Waals surface area contributed by atoms with Gasteiger partial charge in [-0.2, -0.15) is 0 Å². The molecule has 0 radical (unpaired) electrons. The lowest BCUT2D eigenvalue weighted by Crippen LogP contribution is -2.24. The quantitative estimate of drug-likeness (QED) is 0.781. The third-order valence-corrected chi connectivity index (χ3v) is 4.05. The molecule has 0 aliphatic rings. The number of halogens is 1. The van der Waals surface area contributed by atoms with E-state index < -0.39 is 0 Å². The smallest absolute Gasteiger partial charge is 0.197 e. The van der Waals surface area contributed by atoms with Gasteiger partial charge in [-0.15, -0.1) is 0 Å². The molecule has 0 saturated heterocycles. The summed E-state index contributed by atoms with van der Waals surface area (Å²) >= 11 is 6.12. The maximum absolute atomic E-state index is 6.12. The van der Waals surface area contributed by atoms with Gasteiger partial charge in [-0.3, -0.25) is 0 Å². The Morgan fingerprint density at radius 1 is 1.33 bits per heavy atom. The predicted molar refractivity (Wildman–Crippen MR) is 84.6 cm³/mol. The van der Waals surface area contributed by atoms with Gasteiger partial charge in [-0.1, -0.05) is 19.1 Å². The molecule has 0 saturated carbocycles. The molecule has 0 amide bonds. The third kappa shape index (κ3) is 2.69. The highest BCUT2D eigenvalue weighted by Crippen LogP contribution is 2.27. The first-order valence-corrected chi connectivity index (χ1v) is 7.45. The van der Waals surface area contributed by atoms with Crippen molar-refractivity contribution in [1.29, 1.82) is 0 Å². The summed E-state index contributed by atoms with van der Waals surface area (Å²) in [6.07, 6.45) is 2.38. The standard InChI is InChI=1S/C16H18ClN3O/c1-3-18-13(11-8-9-21-16(11)17)10-15-19-12-6-4-5-7-14(12)20(15)2/h4-9,13,18H,3,10H2,1-2H3. The Balaban J connectivity index is 1.94. The molecule has 5 heteroatoms. The van der Waals surface area contributed by atoms with Crippen LogP contribution in [0, 0.1) is 0 Å². The SMILES string of the molecule is CCNC(Cc1nc2ccccc2n1C)c1ccoc1Cl. The highest BCUT2D eigenvalue weighted by atomic mass is 35.5. The fourth-order valence-corrected chi connectivity index (χ4v) is 2.90. The van der Waals surface area contributed by atoms with Crippen LogP contribution < -0.4 is 5.32 Å². The van der Waals surface area contributed by atoms with Crippen molar-refractivity contribution in [2.24, 2.45) is 7.05 Å². The molecule has 110 valence electrons. The van der Waals surface area contributed by atoms with E-state index in [4.69, 9.17) is 21.0 Å². The van der Waals surface area contributed by atoms with Crippen molar-refractivity contribution in [3.63, 3.8) is 0 Å². The van der Waals surface area contributed by atoms with Crippen molar-refractivity contribution in [3.8, 4) is 0 Å². The third-order valence-electron chi connectivity index (χ3n) is 3.74. The number of imidazole rings is 1. The molecule has 0 aliphatic carbocycles. The van der Waals surface area contributed by atoms with Gasteiger partial charge in [0.2, 0.25) is 0 Å². The lowest BCUT2D eigenvalue weighted by Gasteiger charge is -2.16. The second-order valence-corrected chi connectivity index (χ2v) is 5.38. The van der Waals surface area contributed by atoms with E-state index >= 15 is 0 Å². The van der Waals surface area contributed by atoms with E-state index in [0.717, 1.165) is 35.4 Å².